The number of halogens is 1. The summed E-state index contributed by atoms with van der Waals surface area (Å²) in [7, 11) is -3.55. The van der Waals surface area contributed by atoms with Gasteiger partial charge in [-0.25, -0.2) is 12.8 Å². The van der Waals surface area contributed by atoms with Crippen LogP contribution in [-0.2, 0) is 25.9 Å². The van der Waals surface area contributed by atoms with Crippen LogP contribution < -0.4 is 0 Å². The van der Waals surface area contributed by atoms with Crippen molar-refractivity contribution >= 4 is 15.7 Å². The Kier molecular flexibility index (Phi) is 7.03. The summed E-state index contributed by atoms with van der Waals surface area (Å²) in [5.41, 5.74) is 1.63. The van der Waals surface area contributed by atoms with Gasteiger partial charge in [-0.05, 0) is 49.6 Å². The van der Waals surface area contributed by atoms with E-state index < -0.39 is 9.84 Å². The molecule has 0 aromatic heterocycles. The van der Waals surface area contributed by atoms with Crippen molar-refractivity contribution in [3.05, 3.63) is 65.5 Å². The van der Waals surface area contributed by atoms with E-state index in [9.17, 15) is 17.6 Å². The number of nitrogens with zero attached hydrogens (tertiary/aromatic N) is 1. The van der Waals surface area contributed by atoms with Gasteiger partial charge in [0.05, 0.1) is 16.8 Å². The number of amides is 1. The first kappa shape index (κ1) is 21.5. The highest BCUT2D eigenvalue weighted by Crippen LogP contribution is 2.18. The van der Waals surface area contributed by atoms with Crippen LogP contribution in [0.15, 0.2) is 53.4 Å². The molecule has 7 heteroatoms. The lowest BCUT2D eigenvalue weighted by atomic mass is 10.1. The fourth-order valence-electron chi connectivity index (χ4n) is 3.39. The normalized spacial score (nSPS) is 16.7. The number of sulfone groups is 1. The minimum Gasteiger partial charge on any atom is -0.376 e. The Morgan fingerprint density at radius 3 is 2.62 bits per heavy atom. The van der Waals surface area contributed by atoms with Crippen molar-refractivity contribution in [2.45, 2.75) is 43.7 Å². The van der Waals surface area contributed by atoms with Crippen LogP contribution in [0.1, 0.15) is 30.4 Å². The second-order valence-electron chi connectivity index (χ2n) is 7.42. The molecule has 1 heterocycles. The third kappa shape index (κ3) is 6.11. The molecule has 1 aliphatic heterocycles. The van der Waals surface area contributed by atoms with Crippen molar-refractivity contribution in [3.63, 3.8) is 0 Å². The van der Waals surface area contributed by atoms with Gasteiger partial charge in [0.15, 0.2) is 9.84 Å². The smallest absolute Gasteiger partial charge is 0.223 e. The number of hydrogen-bond donors (Lipinski definition) is 0. The number of carbonyl (C=O) groups is 1. The maximum atomic E-state index is 13.5. The van der Waals surface area contributed by atoms with Crippen LogP contribution in [0.5, 0.6) is 0 Å². The lowest BCUT2D eigenvalue weighted by Gasteiger charge is -2.26. The monoisotopic (exact) mass is 419 g/mol. The first-order chi connectivity index (χ1) is 13.8. The molecule has 2 aromatic carbocycles. The van der Waals surface area contributed by atoms with E-state index in [1.807, 2.05) is 6.92 Å². The van der Waals surface area contributed by atoms with Gasteiger partial charge in [0, 0.05) is 26.1 Å². The maximum absolute atomic E-state index is 13.5. The molecule has 1 saturated heterocycles. The van der Waals surface area contributed by atoms with Gasteiger partial charge in [-0.3, -0.25) is 4.79 Å². The summed E-state index contributed by atoms with van der Waals surface area (Å²) in [5, 5.41) is 0. The van der Waals surface area contributed by atoms with E-state index in [2.05, 4.69) is 0 Å². The fraction of sp³-hybridized carbons (Fsp3) is 0.409. The lowest BCUT2D eigenvalue weighted by molar-refractivity contribution is -0.133. The molecule has 1 unspecified atom stereocenters. The van der Waals surface area contributed by atoms with Crippen molar-refractivity contribution in [2.75, 3.05) is 18.9 Å². The van der Waals surface area contributed by atoms with Gasteiger partial charge in [-0.2, -0.15) is 0 Å². The molecule has 2 aromatic rings. The Balaban J connectivity index is 1.68. The summed E-state index contributed by atoms with van der Waals surface area (Å²) in [6.07, 6.45) is 1.60. The van der Waals surface area contributed by atoms with Crippen molar-refractivity contribution < 1.29 is 22.3 Å². The molecule has 1 amide bonds. The second-order valence-corrected chi connectivity index (χ2v) is 9.53. The molecular weight excluding hydrogens is 393 g/mol. The zero-order chi connectivity index (χ0) is 20.9. The number of benzene rings is 2. The molecule has 3 rings (SSSR count). The van der Waals surface area contributed by atoms with Crippen LogP contribution in [0.25, 0.3) is 0 Å². The molecule has 156 valence electrons. The van der Waals surface area contributed by atoms with Crippen molar-refractivity contribution in [1.29, 1.82) is 0 Å². The van der Waals surface area contributed by atoms with Gasteiger partial charge >= 0.3 is 0 Å². The number of ether oxygens (including phenoxy) is 1. The van der Waals surface area contributed by atoms with Gasteiger partial charge < -0.3 is 9.64 Å². The standard InChI is InChI=1S/C22H26FNO4S/c1-17-7-9-21(10-8-17)29(26,27)13-11-22(25)24(16-20-6-3-12-28-20)15-18-4-2-5-19(23)14-18/h2,4-5,7-10,14,20H,3,6,11-13,15-16H2,1H3. The van der Waals surface area contributed by atoms with Gasteiger partial charge in [0.1, 0.15) is 5.82 Å². The molecule has 29 heavy (non-hydrogen) atoms. The van der Waals surface area contributed by atoms with E-state index in [0.717, 1.165) is 18.4 Å². The Labute approximate surface area is 171 Å². The van der Waals surface area contributed by atoms with Crippen LogP contribution in [0.4, 0.5) is 4.39 Å². The average molecular weight is 420 g/mol. The summed E-state index contributed by atoms with van der Waals surface area (Å²) < 4.78 is 44.3. The van der Waals surface area contributed by atoms with Gasteiger partial charge in [0.2, 0.25) is 5.91 Å². The highest BCUT2D eigenvalue weighted by Gasteiger charge is 2.24. The highest BCUT2D eigenvalue weighted by atomic mass is 32.2. The quantitative estimate of drug-likeness (QED) is 0.657. The third-order valence-corrected chi connectivity index (χ3v) is 6.76. The van der Waals surface area contributed by atoms with E-state index in [-0.39, 0.29) is 41.4 Å². The molecule has 0 spiro atoms. The van der Waals surface area contributed by atoms with Crippen LogP contribution >= 0.6 is 0 Å². The molecule has 0 bridgehead atoms. The van der Waals surface area contributed by atoms with Gasteiger partial charge in [-0.15, -0.1) is 0 Å². The van der Waals surface area contributed by atoms with Crippen LogP contribution in [-0.4, -0.2) is 44.2 Å². The summed E-state index contributed by atoms with van der Waals surface area (Å²) >= 11 is 0. The van der Waals surface area contributed by atoms with E-state index in [0.29, 0.717) is 18.7 Å². The Bertz CT molecular complexity index is 938. The Morgan fingerprint density at radius 2 is 1.97 bits per heavy atom. The number of rotatable bonds is 8. The van der Waals surface area contributed by atoms with Crippen molar-refractivity contribution in [2.24, 2.45) is 0 Å². The predicted octanol–water partition coefficient (Wildman–Crippen LogP) is 3.51. The average Bonchev–Trinajstić information content (AvgIpc) is 3.19. The summed E-state index contributed by atoms with van der Waals surface area (Å²) in [6.45, 7) is 3.14. The van der Waals surface area contributed by atoms with Crippen LogP contribution in [0, 0.1) is 12.7 Å². The first-order valence-corrected chi connectivity index (χ1v) is 11.4. The summed E-state index contributed by atoms with van der Waals surface area (Å²) in [4.78, 5) is 14.7. The van der Waals surface area contributed by atoms with Gasteiger partial charge in [0.25, 0.3) is 0 Å². The number of hydrogen-bond acceptors (Lipinski definition) is 4. The van der Waals surface area contributed by atoms with E-state index in [4.69, 9.17) is 4.74 Å². The van der Waals surface area contributed by atoms with Crippen molar-refractivity contribution in [3.8, 4) is 0 Å². The molecule has 1 aliphatic rings. The minimum atomic E-state index is -3.55. The highest BCUT2D eigenvalue weighted by molar-refractivity contribution is 7.91. The maximum Gasteiger partial charge on any atom is 0.223 e. The zero-order valence-corrected chi connectivity index (χ0v) is 17.3. The number of aryl methyl sites for hydroxylation is 1. The molecule has 0 aliphatic carbocycles. The molecule has 0 radical (unpaired) electrons. The Hall–Kier alpha value is -2.25. The molecule has 0 saturated carbocycles. The molecular formula is C22H26FNO4S. The SMILES string of the molecule is Cc1ccc(S(=O)(=O)CCC(=O)N(Cc2cccc(F)c2)CC2CCCO2)cc1. The minimum absolute atomic E-state index is 0.0683. The van der Waals surface area contributed by atoms with Crippen LogP contribution in [0.3, 0.4) is 0 Å². The van der Waals surface area contributed by atoms with E-state index in [1.165, 1.54) is 12.1 Å². The summed E-state index contributed by atoms with van der Waals surface area (Å²) in [6, 6.07) is 12.7. The third-order valence-electron chi connectivity index (χ3n) is 5.03. The molecule has 1 fully saturated rings. The van der Waals surface area contributed by atoms with Crippen molar-refractivity contribution in [1.82, 2.24) is 4.90 Å². The molecule has 0 N–H and O–H groups in total. The summed E-state index contributed by atoms with van der Waals surface area (Å²) in [5.74, 6) is -0.908. The largest absolute Gasteiger partial charge is 0.376 e. The first-order valence-electron chi connectivity index (χ1n) is 9.77. The van der Waals surface area contributed by atoms with E-state index in [1.54, 1.807) is 41.3 Å². The lowest BCUT2D eigenvalue weighted by Crippen LogP contribution is -2.37. The second kappa shape index (κ2) is 9.50. The number of carbonyl (C=O) groups excluding carboxylic acids is 1. The fourth-order valence-corrected chi connectivity index (χ4v) is 4.62. The predicted molar refractivity (Wildman–Crippen MR) is 109 cm³/mol. The van der Waals surface area contributed by atoms with Crippen LogP contribution in [0.2, 0.25) is 0 Å². The molecule has 5 nitrogen and oxygen atoms in total. The zero-order valence-electron chi connectivity index (χ0n) is 16.5. The molecule has 1 atom stereocenters. The topological polar surface area (TPSA) is 63.7 Å². The Morgan fingerprint density at radius 1 is 1.21 bits per heavy atom. The van der Waals surface area contributed by atoms with Gasteiger partial charge in [-0.1, -0.05) is 29.8 Å². The van der Waals surface area contributed by atoms with E-state index >= 15 is 0 Å².